The highest BCUT2D eigenvalue weighted by Gasteiger charge is 2.41. The molecule has 0 bridgehead atoms. The zero-order valence-electron chi connectivity index (χ0n) is 18.3. The summed E-state index contributed by atoms with van der Waals surface area (Å²) in [6, 6.07) is 8.77. The number of halogens is 2. The van der Waals surface area contributed by atoms with E-state index in [1.165, 1.54) is 10.6 Å². The smallest absolute Gasteiger partial charge is 0.232 e. The summed E-state index contributed by atoms with van der Waals surface area (Å²) in [5.41, 5.74) is 8.12. The van der Waals surface area contributed by atoms with Crippen molar-refractivity contribution >= 4 is 29.0 Å². The van der Waals surface area contributed by atoms with E-state index in [0.717, 1.165) is 29.5 Å². The Kier molecular flexibility index (Phi) is 5.58. The Hall–Kier alpha value is -2.97. The number of pyridine rings is 1. The molecule has 0 unspecified atom stereocenters. The van der Waals surface area contributed by atoms with Crippen LogP contribution in [-0.2, 0) is 21.5 Å². The highest BCUT2D eigenvalue weighted by Crippen LogP contribution is 2.40. The van der Waals surface area contributed by atoms with Crippen molar-refractivity contribution in [1.29, 1.82) is 0 Å². The summed E-state index contributed by atoms with van der Waals surface area (Å²) in [5, 5.41) is 4.64. The number of aliphatic imine (C=N–C) groups is 1. The minimum absolute atomic E-state index is 0.00784. The van der Waals surface area contributed by atoms with Crippen LogP contribution in [0.2, 0.25) is 5.02 Å². The van der Waals surface area contributed by atoms with Crippen molar-refractivity contribution in [1.82, 2.24) is 14.5 Å². The van der Waals surface area contributed by atoms with Gasteiger partial charge in [-0.3, -0.25) is 9.69 Å². The molecule has 1 amide bonds. The molecule has 1 saturated heterocycles. The first-order chi connectivity index (χ1) is 15.9. The summed E-state index contributed by atoms with van der Waals surface area (Å²) >= 11 is 6.83. The number of fused-ring (bicyclic) bond motifs is 1. The summed E-state index contributed by atoms with van der Waals surface area (Å²) < 4.78 is 21.3. The number of nitrogens with zero attached hydrogens (tertiary/aromatic N) is 4. The van der Waals surface area contributed by atoms with E-state index in [1.54, 1.807) is 23.4 Å². The number of rotatable bonds is 4. The maximum absolute atomic E-state index is 14.4. The van der Waals surface area contributed by atoms with Gasteiger partial charge in [0.15, 0.2) is 5.96 Å². The lowest BCUT2D eigenvalue weighted by atomic mass is 9.85. The number of amides is 1. The molecule has 1 fully saturated rings. The van der Waals surface area contributed by atoms with Gasteiger partial charge in [0.1, 0.15) is 11.3 Å². The number of aromatic nitrogens is 2. The van der Waals surface area contributed by atoms with Gasteiger partial charge in [0.05, 0.1) is 18.2 Å². The van der Waals surface area contributed by atoms with Gasteiger partial charge in [-0.25, -0.2) is 13.9 Å². The second kappa shape index (κ2) is 8.43. The highest BCUT2D eigenvalue weighted by atomic mass is 35.5. The van der Waals surface area contributed by atoms with Crippen LogP contribution in [0.15, 0.2) is 47.7 Å². The van der Waals surface area contributed by atoms with Crippen LogP contribution < -0.4 is 5.73 Å². The first-order valence-electron chi connectivity index (χ1n) is 11.0. The zero-order valence-corrected chi connectivity index (χ0v) is 19.1. The van der Waals surface area contributed by atoms with Crippen molar-refractivity contribution in [2.24, 2.45) is 10.7 Å². The van der Waals surface area contributed by atoms with Crippen LogP contribution in [0, 0.1) is 5.82 Å². The van der Waals surface area contributed by atoms with Crippen molar-refractivity contribution in [3.63, 3.8) is 0 Å². The van der Waals surface area contributed by atoms with Gasteiger partial charge in [0.25, 0.3) is 0 Å². The van der Waals surface area contributed by atoms with Crippen molar-refractivity contribution in [3.05, 3.63) is 70.3 Å². The Balaban J connectivity index is 1.46. The summed E-state index contributed by atoms with van der Waals surface area (Å²) in [5.74, 6) is -0.189. The second-order valence-corrected chi connectivity index (χ2v) is 9.22. The predicted octanol–water partition coefficient (Wildman–Crippen LogP) is 3.66. The molecule has 33 heavy (non-hydrogen) atoms. The van der Waals surface area contributed by atoms with Gasteiger partial charge in [-0.15, -0.1) is 0 Å². The maximum Gasteiger partial charge on any atom is 0.232 e. The minimum atomic E-state index is -0.882. The quantitative estimate of drug-likeness (QED) is 0.632. The number of benzene rings is 1. The number of hydrogen-bond donors (Lipinski definition) is 1. The lowest BCUT2D eigenvalue weighted by molar-refractivity contribution is -0.132. The van der Waals surface area contributed by atoms with Gasteiger partial charge in [-0.05, 0) is 48.6 Å². The topological polar surface area (TPSA) is 85.2 Å². The fraction of sp³-hybridized carbons (Fsp3) is 0.375. The van der Waals surface area contributed by atoms with Crippen LogP contribution in [0.4, 0.5) is 4.39 Å². The van der Waals surface area contributed by atoms with Gasteiger partial charge in [-0.1, -0.05) is 29.8 Å². The molecule has 2 aliphatic heterocycles. The lowest BCUT2D eigenvalue weighted by Crippen LogP contribution is -2.55. The van der Waals surface area contributed by atoms with Gasteiger partial charge >= 0.3 is 0 Å². The Bertz CT molecular complexity index is 1250. The molecule has 2 N–H and O–H groups in total. The van der Waals surface area contributed by atoms with E-state index in [9.17, 15) is 9.18 Å². The Morgan fingerprint density at radius 1 is 1.30 bits per heavy atom. The molecular formula is C24H25ClFN5O2. The molecule has 0 spiro atoms. The Morgan fingerprint density at radius 3 is 2.85 bits per heavy atom. The second-order valence-electron chi connectivity index (χ2n) is 8.84. The van der Waals surface area contributed by atoms with E-state index in [0.29, 0.717) is 30.2 Å². The molecule has 1 aromatic carbocycles. The third-order valence-electron chi connectivity index (χ3n) is 6.50. The van der Waals surface area contributed by atoms with Gasteiger partial charge in [0.2, 0.25) is 5.91 Å². The van der Waals surface area contributed by atoms with Crippen molar-refractivity contribution in [3.8, 4) is 0 Å². The number of guanidine groups is 1. The molecule has 2 aliphatic rings. The normalized spacial score (nSPS) is 22.1. The minimum Gasteiger partial charge on any atom is -0.381 e. The summed E-state index contributed by atoms with van der Waals surface area (Å²) in [4.78, 5) is 19.5. The summed E-state index contributed by atoms with van der Waals surface area (Å²) in [6.45, 7) is 3.09. The van der Waals surface area contributed by atoms with Crippen LogP contribution in [-0.4, -0.2) is 45.6 Å². The number of ether oxygens (including phenoxy) is 1. The monoisotopic (exact) mass is 469 g/mol. The molecule has 7 nitrogen and oxygen atoms in total. The molecule has 2 aromatic heterocycles. The Morgan fingerprint density at radius 2 is 2.09 bits per heavy atom. The zero-order chi connectivity index (χ0) is 23.2. The fourth-order valence-corrected chi connectivity index (χ4v) is 5.23. The first-order valence-corrected chi connectivity index (χ1v) is 11.4. The van der Waals surface area contributed by atoms with Crippen LogP contribution in [0.1, 0.15) is 42.9 Å². The molecule has 1 atom stereocenters. The molecular weight excluding hydrogens is 445 g/mol. The van der Waals surface area contributed by atoms with E-state index in [-0.39, 0.29) is 30.1 Å². The van der Waals surface area contributed by atoms with Crippen molar-refractivity contribution in [2.75, 3.05) is 13.2 Å². The van der Waals surface area contributed by atoms with Crippen LogP contribution in [0.25, 0.3) is 5.52 Å². The van der Waals surface area contributed by atoms with Crippen molar-refractivity contribution in [2.45, 2.75) is 44.2 Å². The third kappa shape index (κ3) is 3.98. The van der Waals surface area contributed by atoms with Gasteiger partial charge < -0.3 is 10.5 Å². The third-order valence-corrected chi connectivity index (χ3v) is 6.94. The molecule has 5 rings (SSSR count). The number of hydrogen-bond acceptors (Lipinski definition) is 5. The van der Waals surface area contributed by atoms with Gasteiger partial charge in [-0.2, -0.15) is 5.10 Å². The Labute approximate surface area is 196 Å². The molecule has 0 saturated carbocycles. The predicted molar refractivity (Wildman–Crippen MR) is 124 cm³/mol. The number of carbonyl (C=O) groups excluding carboxylic acids is 1. The molecule has 0 radical (unpaired) electrons. The average Bonchev–Trinajstić information content (AvgIpc) is 3.24. The van der Waals surface area contributed by atoms with E-state index < -0.39 is 5.54 Å². The lowest BCUT2D eigenvalue weighted by Gasteiger charge is -2.40. The average molecular weight is 470 g/mol. The molecule has 0 aliphatic carbocycles. The molecule has 9 heteroatoms. The molecule has 4 heterocycles. The number of carbonyl (C=O) groups is 1. The SMILES string of the molecule is C[C@@]1(c2cccc(Cc3cc(F)c4ccnn4c3)c2Cl)CC(=O)N(C2CCOCC2)C(N)=N1. The van der Waals surface area contributed by atoms with Crippen LogP contribution in [0.3, 0.4) is 0 Å². The van der Waals surface area contributed by atoms with E-state index in [2.05, 4.69) is 5.10 Å². The standard InChI is InChI=1S/C24H25ClFN5O2/c1-24(13-21(32)31(23(27)29-24)17-6-9-33-10-7-17)18-4-2-3-16(22(18)25)11-15-12-19(26)20-5-8-28-30(20)14-15/h2-5,8,12,14,17H,6-7,9-11,13H2,1H3,(H2,27,29)/t24-/m0/s1. The van der Waals surface area contributed by atoms with Gasteiger partial charge in [0, 0.05) is 36.9 Å². The highest BCUT2D eigenvalue weighted by molar-refractivity contribution is 6.32. The van der Waals surface area contributed by atoms with Crippen LogP contribution >= 0.6 is 11.6 Å². The first kappa shape index (κ1) is 21.9. The van der Waals surface area contributed by atoms with Crippen molar-refractivity contribution < 1.29 is 13.9 Å². The summed E-state index contributed by atoms with van der Waals surface area (Å²) in [7, 11) is 0. The largest absolute Gasteiger partial charge is 0.381 e. The van der Waals surface area contributed by atoms with E-state index >= 15 is 0 Å². The number of nitrogens with two attached hydrogens (primary N) is 1. The molecule has 172 valence electrons. The fourth-order valence-electron chi connectivity index (χ4n) is 4.83. The van der Waals surface area contributed by atoms with E-state index in [4.69, 9.17) is 27.1 Å². The summed E-state index contributed by atoms with van der Waals surface area (Å²) in [6.07, 6.45) is 5.41. The maximum atomic E-state index is 14.4. The molecule has 3 aromatic rings. The van der Waals surface area contributed by atoms with Crippen LogP contribution in [0.5, 0.6) is 0 Å². The van der Waals surface area contributed by atoms with E-state index in [1.807, 2.05) is 25.1 Å².